The Hall–Kier alpha value is -2.59. The molecule has 0 aliphatic carbocycles. The van der Waals surface area contributed by atoms with Gasteiger partial charge in [0.2, 0.25) is 0 Å². The molecule has 0 atom stereocenters. The monoisotopic (exact) mass is 418 g/mol. The fraction of sp³-hybridized carbons (Fsp3) is 0.444. The molecule has 0 unspecified atom stereocenters. The van der Waals surface area contributed by atoms with E-state index >= 15 is 0 Å². The van der Waals surface area contributed by atoms with Crippen molar-refractivity contribution in [2.45, 2.75) is 52.0 Å². The van der Waals surface area contributed by atoms with Crippen molar-refractivity contribution in [3.05, 3.63) is 70.9 Å². The van der Waals surface area contributed by atoms with Crippen LogP contribution in [0.4, 0.5) is 0 Å². The number of nitrogens with one attached hydrogen (secondary N) is 1. The SMILES string of the molecule is CCCCc1c(Cc2ccc(C(=O)OC)cc2)c2ccccc2n1CC1CCNCC1. The number of rotatable bonds is 8. The third kappa shape index (κ3) is 4.85. The minimum Gasteiger partial charge on any atom is -0.465 e. The third-order valence-electron chi connectivity index (χ3n) is 6.62. The Balaban J connectivity index is 1.71. The van der Waals surface area contributed by atoms with Crippen LogP contribution in [0.15, 0.2) is 48.5 Å². The minimum atomic E-state index is -0.284. The number of esters is 1. The molecule has 2 heterocycles. The summed E-state index contributed by atoms with van der Waals surface area (Å²) in [4.78, 5) is 11.8. The average Bonchev–Trinajstić information content (AvgIpc) is 3.10. The summed E-state index contributed by atoms with van der Waals surface area (Å²) in [5.74, 6) is 0.457. The van der Waals surface area contributed by atoms with E-state index in [9.17, 15) is 4.79 Å². The second-order valence-electron chi connectivity index (χ2n) is 8.72. The second-order valence-corrected chi connectivity index (χ2v) is 8.72. The Morgan fingerprint density at radius 2 is 1.84 bits per heavy atom. The van der Waals surface area contributed by atoms with Crippen LogP contribution in [0.25, 0.3) is 10.9 Å². The van der Waals surface area contributed by atoms with E-state index in [1.54, 1.807) is 0 Å². The normalized spacial score (nSPS) is 14.8. The Morgan fingerprint density at radius 3 is 2.55 bits per heavy atom. The van der Waals surface area contributed by atoms with Crippen molar-refractivity contribution in [2.75, 3.05) is 20.2 Å². The van der Waals surface area contributed by atoms with Gasteiger partial charge < -0.3 is 14.6 Å². The molecule has 1 saturated heterocycles. The van der Waals surface area contributed by atoms with Crippen molar-refractivity contribution in [3.8, 4) is 0 Å². The Labute approximate surface area is 185 Å². The van der Waals surface area contributed by atoms with Gasteiger partial charge in [0.05, 0.1) is 12.7 Å². The van der Waals surface area contributed by atoms with Gasteiger partial charge in [-0.25, -0.2) is 4.79 Å². The first-order chi connectivity index (χ1) is 15.2. The largest absolute Gasteiger partial charge is 0.465 e. The van der Waals surface area contributed by atoms with Crippen molar-refractivity contribution < 1.29 is 9.53 Å². The summed E-state index contributed by atoms with van der Waals surface area (Å²) in [5.41, 5.74) is 6.15. The Bertz CT molecular complexity index is 1010. The van der Waals surface area contributed by atoms with Crippen LogP contribution < -0.4 is 5.32 Å². The maximum Gasteiger partial charge on any atom is 0.337 e. The lowest BCUT2D eigenvalue weighted by Gasteiger charge is -2.25. The number of hydrogen-bond acceptors (Lipinski definition) is 3. The molecule has 1 aromatic heterocycles. The van der Waals surface area contributed by atoms with Crippen LogP contribution in [-0.2, 0) is 24.1 Å². The van der Waals surface area contributed by atoms with E-state index in [1.807, 2.05) is 12.1 Å². The number of carbonyl (C=O) groups excluding carboxylic acids is 1. The van der Waals surface area contributed by atoms with E-state index in [-0.39, 0.29) is 5.97 Å². The molecule has 4 nitrogen and oxygen atoms in total. The molecule has 4 heteroatoms. The van der Waals surface area contributed by atoms with Crippen molar-refractivity contribution >= 4 is 16.9 Å². The molecule has 31 heavy (non-hydrogen) atoms. The number of benzene rings is 2. The van der Waals surface area contributed by atoms with Crippen LogP contribution in [0, 0.1) is 5.92 Å². The van der Waals surface area contributed by atoms with Gasteiger partial charge in [0, 0.05) is 23.1 Å². The number of ether oxygens (including phenoxy) is 1. The summed E-state index contributed by atoms with van der Waals surface area (Å²) in [6, 6.07) is 16.8. The zero-order chi connectivity index (χ0) is 21.6. The topological polar surface area (TPSA) is 43.3 Å². The molecule has 164 valence electrons. The number of unbranched alkanes of at least 4 members (excludes halogenated alkanes) is 1. The van der Waals surface area contributed by atoms with Crippen LogP contribution >= 0.6 is 0 Å². The summed E-state index contributed by atoms with van der Waals surface area (Å²) in [6.45, 7) is 5.65. The van der Waals surface area contributed by atoms with Crippen molar-refractivity contribution in [1.29, 1.82) is 0 Å². The zero-order valence-electron chi connectivity index (χ0n) is 18.8. The molecule has 4 rings (SSSR count). The summed E-state index contributed by atoms with van der Waals surface area (Å²) >= 11 is 0. The zero-order valence-corrected chi connectivity index (χ0v) is 18.8. The standard InChI is InChI=1S/C27H34N2O2/c1-3-4-8-26-24(18-20-10-12-22(13-11-20)27(30)31-2)23-7-5-6-9-25(23)29(26)19-21-14-16-28-17-15-21/h5-7,9-13,21,28H,3-4,8,14-19H2,1-2H3. The molecular formula is C27H34N2O2. The molecule has 2 aromatic carbocycles. The van der Waals surface area contributed by atoms with E-state index in [0.717, 1.165) is 38.4 Å². The predicted octanol–water partition coefficient (Wildman–Crippen LogP) is 5.36. The van der Waals surface area contributed by atoms with Crippen molar-refractivity contribution in [2.24, 2.45) is 5.92 Å². The second kappa shape index (κ2) is 10.1. The van der Waals surface area contributed by atoms with Crippen molar-refractivity contribution in [1.82, 2.24) is 9.88 Å². The van der Waals surface area contributed by atoms with E-state index in [2.05, 4.69) is 53.2 Å². The Morgan fingerprint density at radius 1 is 1.10 bits per heavy atom. The predicted molar refractivity (Wildman–Crippen MR) is 127 cm³/mol. The van der Waals surface area contributed by atoms with E-state index in [1.165, 1.54) is 60.5 Å². The van der Waals surface area contributed by atoms with Crippen molar-refractivity contribution in [3.63, 3.8) is 0 Å². The minimum absolute atomic E-state index is 0.284. The summed E-state index contributed by atoms with van der Waals surface area (Å²) in [5, 5.41) is 4.87. The highest BCUT2D eigenvalue weighted by molar-refractivity contribution is 5.89. The molecule has 1 N–H and O–H groups in total. The first-order valence-electron chi connectivity index (χ1n) is 11.7. The van der Waals surface area contributed by atoms with Gasteiger partial charge in [-0.1, -0.05) is 43.7 Å². The van der Waals surface area contributed by atoms with Gasteiger partial charge in [-0.3, -0.25) is 0 Å². The molecule has 3 aromatic rings. The maximum absolute atomic E-state index is 11.8. The highest BCUT2D eigenvalue weighted by Crippen LogP contribution is 2.31. The smallest absolute Gasteiger partial charge is 0.337 e. The summed E-state index contributed by atoms with van der Waals surface area (Å²) in [6.07, 6.45) is 6.92. The van der Waals surface area contributed by atoms with E-state index in [0.29, 0.717) is 5.56 Å². The number of fused-ring (bicyclic) bond motifs is 1. The van der Waals surface area contributed by atoms with Crippen LogP contribution in [0.2, 0.25) is 0 Å². The lowest BCUT2D eigenvalue weighted by atomic mass is 9.97. The van der Waals surface area contributed by atoms with E-state index in [4.69, 9.17) is 4.74 Å². The van der Waals surface area contributed by atoms with Crippen LogP contribution in [0.3, 0.4) is 0 Å². The molecule has 1 aliphatic heterocycles. The van der Waals surface area contributed by atoms with E-state index < -0.39 is 0 Å². The van der Waals surface area contributed by atoms with Gasteiger partial charge in [-0.05, 0) is 80.4 Å². The quantitative estimate of drug-likeness (QED) is 0.501. The number of para-hydroxylation sites is 1. The maximum atomic E-state index is 11.8. The van der Waals surface area contributed by atoms with Gasteiger partial charge in [-0.15, -0.1) is 0 Å². The van der Waals surface area contributed by atoms with Gasteiger partial charge in [0.15, 0.2) is 0 Å². The molecule has 0 spiro atoms. The Kier molecular flexibility index (Phi) is 7.08. The number of piperidine rings is 1. The average molecular weight is 419 g/mol. The number of aromatic nitrogens is 1. The number of hydrogen-bond donors (Lipinski definition) is 1. The fourth-order valence-electron chi connectivity index (χ4n) is 4.87. The third-order valence-corrected chi connectivity index (χ3v) is 6.62. The highest BCUT2D eigenvalue weighted by Gasteiger charge is 2.21. The molecule has 0 bridgehead atoms. The first-order valence-corrected chi connectivity index (χ1v) is 11.7. The first kappa shape index (κ1) is 21.6. The lowest BCUT2D eigenvalue weighted by Crippen LogP contribution is -2.30. The van der Waals surface area contributed by atoms with Crippen LogP contribution in [0.1, 0.15) is 59.8 Å². The summed E-state index contributed by atoms with van der Waals surface area (Å²) in [7, 11) is 1.42. The number of nitrogens with zero attached hydrogens (tertiary/aromatic N) is 1. The van der Waals surface area contributed by atoms with Crippen LogP contribution in [0.5, 0.6) is 0 Å². The summed E-state index contributed by atoms with van der Waals surface area (Å²) < 4.78 is 7.47. The van der Waals surface area contributed by atoms with Gasteiger partial charge in [0.1, 0.15) is 0 Å². The highest BCUT2D eigenvalue weighted by atomic mass is 16.5. The molecule has 1 aliphatic rings. The van der Waals surface area contributed by atoms with Crippen LogP contribution in [-0.4, -0.2) is 30.7 Å². The van der Waals surface area contributed by atoms with Gasteiger partial charge in [0.25, 0.3) is 0 Å². The molecule has 0 saturated carbocycles. The molecule has 0 amide bonds. The molecule has 1 fully saturated rings. The fourth-order valence-corrected chi connectivity index (χ4v) is 4.87. The number of carbonyl (C=O) groups is 1. The molecule has 0 radical (unpaired) electrons. The number of methoxy groups -OCH3 is 1. The van der Waals surface area contributed by atoms with Gasteiger partial charge in [-0.2, -0.15) is 0 Å². The molecular weight excluding hydrogens is 384 g/mol. The lowest BCUT2D eigenvalue weighted by molar-refractivity contribution is 0.0600. The van der Waals surface area contributed by atoms with Gasteiger partial charge >= 0.3 is 5.97 Å².